The molecule has 3 N–H and O–H groups in total. The molecule has 9 nitrogen and oxygen atoms in total. The Hall–Kier alpha value is -2.21. The van der Waals surface area contributed by atoms with Gasteiger partial charge in [-0.1, -0.05) is 11.8 Å². The van der Waals surface area contributed by atoms with Crippen LogP contribution in [0, 0.1) is 5.92 Å². The van der Waals surface area contributed by atoms with Gasteiger partial charge in [-0.2, -0.15) is 0 Å². The summed E-state index contributed by atoms with van der Waals surface area (Å²) in [5.74, 6) is 1.86. The molecule has 0 radical (unpaired) electrons. The van der Waals surface area contributed by atoms with Crippen LogP contribution in [-0.4, -0.2) is 68.2 Å². The molecule has 0 spiro atoms. The van der Waals surface area contributed by atoms with E-state index in [1.165, 1.54) is 11.9 Å². The lowest BCUT2D eigenvalue weighted by Crippen LogP contribution is -2.39. The van der Waals surface area contributed by atoms with Gasteiger partial charge in [0.1, 0.15) is 24.5 Å². The number of halogens is 1. The largest absolute Gasteiger partial charge is 0.493 e. The molecule has 2 aliphatic rings. The number of hydrogen-bond donors (Lipinski definition) is 2. The van der Waals surface area contributed by atoms with Crippen LogP contribution in [0.15, 0.2) is 33.0 Å². The van der Waals surface area contributed by atoms with Crippen molar-refractivity contribution >= 4 is 51.0 Å². The van der Waals surface area contributed by atoms with E-state index in [0.717, 1.165) is 71.2 Å². The zero-order valence-electron chi connectivity index (χ0n) is 18.7. The van der Waals surface area contributed by atoms with Gasteiger partial charge in [-0.25, -0.2) is 15.0 Å². The van der Waals surface area contributed by atoms with Gasteiger partial charge in [-0.3, -0.25) is 0 Å². The highest BCUT2D eigenvalue weighted by Gasteiger charge is 2.23. The summed E-state index contributed by atoms with van der Waals surface area (Å²) in [6, 6.07) is 4.19. The van der Waals surface area contributed by atoms with Gasteiger partial charge in [0, 0.05) is 28.9 Å². The standard InChI is InChI=1S/C23H27BrN6O3S/c24-17-9-15-4-8-33-18(15)10-19(17)34-23-28-20-21(25)26-13-27-22(20)30(23)7-3-14-1-5-29(6-2-14)11-16(32)12-31/h9-10,12-14,16,32H,1-8,11H2,(H2,25,26,27)/t16-/m0/s1. The summed E-state index contributed by atoms with van der Waals surface area (Å²) in [5.41, 5.74) is 8.71. The minimum absolute atomic E-state index is 0.379. The van der Waals surface area contributed by atoms with E-state index in [1.807, 2.05) is 0 Å². The van der Waals surface area contributed by atoms with Crippen LogP contribution in [0.25, 0.3) is 11.2 Å². The van der Waals surface area contributed by atoms with Gasteiger partial charge < -0.3 is 29.8 Å². The Balaban J connectivity index is 1.34. The number of ether oxygens (including phenoxy) is 1. The molecule has 0 aliphatic carbocycles. The van der Waals surface area contributed by atoms with E-state index < -0.39 is 6.10 Å². The summed E-state index contributed by atoms with van der Waals surface area (Å²) < 4.78 is 8.92. The third-order valence-electron chi connectivity index (χ3n) is 6.54. The van der Waals surface area contributed by atoms with Crippen molar-refractivity contribution in [2.75, 3.05) is 32.0 Å². The average molecular weight is 547 g/mol. The number of aliphatic hydroxyl groups excluding tert-OH is 1. The zero-order chi connectivity index (χ0) is 23.7. The number of nitrogen functional groups attached to an aromatic ring is 1. The van der Waals surface area contributed by atoms with Crippen LogP contribution in [0.2, 0.25) is 0 Å². The van der Waals surface area contributed by atoms with E-state index in [4.69, 9.17) is 15.5 Å². The number of carbonyl (C=O) groups is 1. The lowest BCUT2D eigenvalue weighted by Gasteiger charge is -2.32. The minimum Gasteiger partial charge on any atom is -0.493 e. The number of likely N-dealkylation sites (tertiary alicyclic amines) is 1. The van der Waals surface area contributed by atoms with Crippen LogP contribution < -0.4 is 10.5 Å². The summed E-state index contributed by atoms with van der Waals surface area (Å²) in [7, 11) is 0. The number of β-amino-alcohol motifs (C(OH)–C–C–N with tert-alkyl or cyclic N) is 1. The predicted molar refractivity (Wildman–Crippen MR) is 133 cm³/mol. The van der Waals surface area contributed by atoms with Gasteiger partial charge in [-0.15, -0.1) is 0 Å². The molecule has 1 fully saturated rings. The maximum Gasteiger partial charge on any atom is 0.175 e. The number of piperidine rings is 1. The lowest BCUT2D eigenvalue weighted by atomic mass is 9.93. The molecule has 0 amide bonds. The average Bonchev–Trinajstić information content (AvgIpc) is 3.43. The van der Waals surface area contributed by atoms with E-state index in [2.05, 4.69) is 47.5 Å². The van der Waals surface area contributed by atoms with Crippen molar-refractivity contribution in [1.29, 1.82) is 0 Å². The summed E-state index contributed by atoms with van der Waals surface area (Å²) in [5, 5.41) is 10.4. The molecule has 180 valence electrons. The molecule has 1 saturated heterocycles. The quantitative estimate of drug-likeness (QED) is 0.411. The van der Waals surface area contributed by atoms with Crippen molar-refractivity contribution in [3.63, 3.8) is 0 Å². The number of anilines is 1. The number of hydrogen-bond acceptors (Lipinski definition) is 9. The predicted octanol–water partition coefficient (Wildman–Crippen LogP) is 2.92. The Morgan fingerprint density at radius 2 is 2.15 bits per heavy atom. The second kappa shape index (κ2) is 10.2. The Labute approximate surface area is 210 Å². The van der Waals surface area contributed by atoms with Crippen molar-refractivity contribution in [1.82, 2.24) is 24.4 Å². The molecule has 1 atom stereocenters. The fraction of sp³-hybridized carbons (Fsp3) is 0.478. The van der Waals surface area contributed by atoms with E-state index in [-0.39, 0.29) is 0 Å². The van der Waals surface area contributed by atoms with Crippen LogP contribution in [0.3, 0.4) is 0 Å². The number of aromatic nitrogens is 4. The first kappa shape index (κ1) is 23.5. The maximum absolute atomic E-state index is 10.7. The smallest absolute Gasteiger partial charge is 0.175 e. The molecule has 3 aromatic rings. The fourth-order valence-corrected chi connectivity index (χ4v) is 6.22. The van der Waals surface area contributed by atoms with Gasteiger partial charge >= 0.3 is 0 Å². The molecule has 0 saturated carbocycles. The van der Waals surface area contributed by atoms with Crippen molar-refractivity contribution < 1.29 is 14.6 Å². The molecule has 2 aromatic heterocycles. The summed E-state index contributed by atoms with van der Waals surface area (Å²) in [6.07, 6.45) is 5.17. The highest BCUT2D eigenvalue weighted by atomic mass is 79.9. The number of aliphatic hydroxyl groups is 1. The monoisotopic (exact) mass is 546 g/mol. The van der Waals surface area contributed by atoms with Crippen LogP contribution in [-0.2, 0) is 17.8 Å². The molecule has 34 heavy (non-hydrogen) atoms. The number of benzene rings is 1. The van der Waals surface area contributed by atoms with Crippen LogP contribution in [0.5, 0.6) is 5.75 Å². The van der Waals surface area contributed by atoms with Gasteiger partial charge in [0.15, 0.2) is 22.1 Å². The normalized spacial score (nSPS) is 17.6. The van der Waals surface area contributed by atoms with E-state index in [1.54, 1.807) is 11.8 Å². The van der Waals surface area contributed by atoms with Gasteiger partial charge in [-0.05, 0) is 71.9 Å². The number of fused-ring (bicyclic) bond motifs is 2. The van der Waals surface area contributed by atoms with Gasteiger partial charge in [0.25, 0.3) is 0 Å². The zero-order valence-corrected chi connectivity index (χ0v) is 21.1. The summed E-state index contributed by atoms with van der Waals surface area (Å²) in [4.78, 5) is 27.3. The van der Waals surface area contributed by atoms with E-state index in [9.17, 15) is 9.90 Å². The third-order valence-corrected chi connectivity index (χ3v) is 8.51. The highest BCUT2D eigenvalue weighted by molar-refractivity contribution is 9.10. The van der Waals surface area contributed by atoms with Crippen molar-refractivity contribution in [2.24, 2.45) is 5.92 Å². The number of aryl methyl sites for hydroxylation is 1. The van der Waals surface area contributed by atoms with E-state index in [0.29, 0.717) is 36.7 Å². The lowest BCUT2D eigenvalue weighted by molar-refractivity contribution is -0.115. The Morgan fingerprint density at radius 1 is 1.32 bits per heavy atom. The highest BCUT2D eigenvalue weighted by Crippen LogP contribution is 2.40. The second-order valence-corrected chi connectivity index (χ2v) is 10.7. The maximum atomic E-state index is 10.7. The molecule has 4 heterocycles. The van der Waals surface area contributed by atoms with Crippen molar-refractivity contribution in [3.8, 4) is 5.75 Å². The number of nitrogens with two attached hydrogens (primary N) is 1. The topological polar surface area (TPSA) is 119 Å². The van der Waals surface area contributed by atoms with Gasteiger partial charge in [0.05, 0.1) is 6.61 Å². The fourth-order valence-electron chi connectivity index (χ4n) is 4.64. The first-order valence-electron chi connectivity index (χ1n) is 11.5. The molecule has 5 rings (SSSR count). The number of nitrogens with zero attached hydrogens (tertiary/aromatic N) is 5. The molecule has 0 unspecified atom stereocenters. The van der Waals surface area contributed by atoms with Crippen LogP contribution >= 0.6 is 27.7 Å². The first-order chi connectivity index (χ1) is 16.5. The van der Waals surface area contributed by atoms with Crippen LogP contribution in [0.4, 0.5) is 5.82 Å². The molecule has 0 bridgehead atoms. The number of imidazole rings is 1. The number of rotatable bonds is 8. The summed E-state index contributed by atoms with van der Waals surface area (Å²) >= 11 is 5.28. The second-order valence-electron chi connectivity index (χ2n) is 8.80. The molecular formula is C23H27BrN6O3S. The third kappa shape index (κ3) is 4.93. The van der Waals surface area contributed by atoms with Crippen molar-refractivity contribution in [3.05, 3.63) is 28.5 Å². The number of carbonyl (C=O) groups excluding carboxylic acids is 1. The minimum atomic E-state index is -0.900. The molecule has 2 aliphatic heterocycles. The molecule has 11 heteroatoms. The Kier molecular flexibility index (Phi) is 7.05. The van der Waals surface area contributed by atoms with Crippen molar-refractivity contribution in [2.45, 2.75) is 48.4 Å². The van der Waals surface area contributed by atoms with Gasteiger partial charge in [0.2, 0.25) is 0 Å². The Bertz CT molecular complexity index is 1200. The molecular weight excluding hydrogens is 520 g/mol. The summed E-state index contributed by atoms with van der Waals surface area (Å²) in [6.45, 7) is 3.68. The number of aldehydes is 1. The first-order valence-corrected chi connectivity index (χ1v) is 13.1. The van der Waals surface area contributed by atoms with Crippen LogP contribution in [0.1, 0.15) is 24.8 Å². The Morgan fingerprint density at radius 3 is 2.94 bits per heavy atom. The van der Waals surface area contributed by atoms with E-state index >= 15 is 0 Å². The molecule has 1 aromatic carbocycles. The SMILES string of the molecule is Nc1ncnc2c1nc(Sc1cc3c(cc1Br)CCO3)n2CCC1CCN(C[C@H](O)C=O)CC1.